The summed E-state index contributed by atoms with van der Waals surface area (Å²) in [5.74, 6) is 1.78. The number of carbonyl (C=O) groups excluding carboxylic acids is 1. The van der Waals surface area contributed by atoms with Gasteiger partial charge in [0.05, 0.1) is 13.7 Å². The molecule has 0 bridgehead atoms. The third-order valence-electron chi connectivity index (χ3n) is 3.53. The average Bonchev–Trinajstić information content (AvgIpc) is 3.08. The SMILES string of the molecule is CCOC(=O)CC1CC1c1ccc(OC)cc1C. The highest BCUT2D eigenvalue weighted by Crippen LogP contribution is 2.50. The Morgan fingerprint density at radius 1 is 1.44 bits per heavy atom. The number of carbonyl (C=O) groups is 1. The van der Waals surface area contributed by atoms with E-state index in [0.29, 0.717) is 24.9 Å². The van der Waals surface area contributed by atoms with E-state index in [1.165, 1.54) is 11.1 Å². The van der Waals surface area contributed by atoms with E-state index in [2.05, 4.69) is 19.1 Å². The summed E-state index contributed by atoms with van der Waals surface area (Å²) in [6.07, 6.45) is 1.63. The van der Waals surface area contributed by atoms with Gasteiger partial charge in [0.2, 0.25) is 0 Å². The molecule has 3 nitrogen and oxygen atoms in total. The van der Waals surface area contributed by atoms with E-state index >= 15 is 0 Å². The van der Waals surface area contributed by atoms with Crippen LogP contribution in [0.2, 0.25) is 0 Å². The molecule has 0 aromatic heterocycles. The standard InChI is InChI=1S/C15H20O3/c1-4-18-15(16)9-11-8-14(11)13-6-5-12(17-3)7-10(13)2/h5-7,11,14H,4,8-9H2,1-3H3. The predicted octanol–water partition coefficient (Wildman–Crippen LogP) is 3.06. The molecule has 2 unspecified atom stereocenters. The summed E-state index contributed by atoms with van der Waals surface area (Å²) in [6, 6.07) is 6.15. The van der Waals surface area contributed by atoms with Crippen molar-refractivity contribution in [3.8, 4) is 5.75 Å². The molecule has 1 saturated carbocycles. The zero-order chi connectivity index (χ0) is 13.1. The number of esters is 1. The summed E-state index contributed by atoms with van der Waals surface area (Å²) in [6.45, 7) is 4.41. The molecule has 0 spiro atoms. The lowest BCUT2D eigenvalue weighted by atomic mass is 10.0. The van der Waals surface area contributed by atoms with Crippen molar-refractivity contribution in [1.29, 1.82) is 0 Å². The highest BCUT2D eigenvalue weighted by Gasteiger charge is 2.40. The predicted molar refractivity (Wildman–Crippen MR) is 69.8 cm³/mol. The first-order chi connectivity index (χ1) is 8.65. The van der Waals surface area contributed by atoms with Gasteiger partial charge in [-0.1, -0.05) is 6.07 Å². The number of hydrogen-bond acceptors (Lipinski definition) is 3. The maximum atomic E-state index is 11.4. The van der Waals surface area contributed by atoms with Crippen LogP contribution in [0.1, 0.15) is 36.8 Å². The molecule has 0 amide bonds. The van der Waals surface area contributed by atoms with Crippen molar-refractivity contribution in [3.05, 3.63) is 29.3 Å². The van der Waals surface area contributed by atoms with Crippen LogP contribution in [0.15, 0.2) is 18.2 Å². The van der Waals surface area contributed by atoms with Crippen molar-refractivity contribution in [3.63, 3.8) is 0 Å². The molecule has 2 atom stereocenters. The zero-order valence-electron chi connectivity index (χ0n) is 11.2. The number of hydrogen-bond donors (Lipinski definition) is 0. The Hall–Kier alpha value is -1.51. The lowest BCUT2D eigenvalue weighted by Gasteiger charge is -2.07. The summed E-state index contributed by atoms with van der Waals surface area (Å²) in [7, 11) is 1.68. The van der Waals surface area contributed by atoms with Crippen molar-refractivity contribution in [1.82, 2.24) is 0 Å². The first-order valence-electron chi connectivity index (χ1n) is 6.45. The van der Waals surface area contributed by atoms with Gasteiger partial charge >= 0.3 is 5.97 Å². The molecule has 98 valence electrons. The lowest BCUT2D eigenvalue weighted by Crippen LogP contribution is -2.05. The van der Waals surface area contributed by atoms with Gasteiger partial charge in [0.1, 0.15) is 5.75 Å². The minimum absolute atomic E-state index is 0.0730. The van der Waals surface area contributed by atoms with Crippen molar-refractivity contribution < 1.29 is 14.3 Å². The van der Waals surface area contributed by atoms with Gasteiger partial charge in [0.25, 0.3) is 0 Å². The van der Waals surface area contributed by atoms with Gasteiger partial charge in [0.15, 0.2) is 0 Å². The number of benzene rings is 1. The Kier molecular flexibility index (Phi) is 3.90. The van der Waals surface area contributed by atoms with Crippen molar-refractivity contribution in [2.75, 3.05) is 13.7 Å². The van der Waals surface area contributed by atoms with Gasteiger partial charge in [-0.05, 0) is 55.4 Å². The Balaban J connectivity index is 1.97. The fourth-order valence-corrected chi connectivity index (χ4v) is 2.48. The van der Waals surface area contributed by atoms with Gasteiger partial charge in [-0.3, -0.25) is 4.79 Å². The summed E-state index contributed by atoms with van der Waals surface area (Å²) >= 11 is 0. The van der Waals surface area contributed by atoms with Crippen LogP contribution < -0.4 is 4.74 Å². The minimum Gasteiger partial charge on any atom is -0.497 e. The Morgan fingerprint density at radius 3 is 2.83 bits per heavy atom. The second-order valence-corrected chi connectivity index (χ2v) is 4.83. The maximum absolute atomic E-state index is 11.4. The van der Waals surface area contributed by atoms with Crippen LogP contribution in [0.3, 0.4) is 0 Å². The Bertz CT molecular complexity index is 439. The maximum Gasteiger partial charge on any atom is 0.306 e. The number of aryl methyl sites for hydroxylation is 1. The van der Waals surface area contributed by atoms with E-state index in [4.69, 9.17) is 9.47 Å². The van der Waals surface area contributed by atoms with Crippen molar-refractivity contribution >= 4 is 5.97 Å². The van der Waals surface area contributed by atoms with E-state index in [-0.39, 0.29) is 5.97 Å². The molecule has 0 N–H and O–H groups in total. The van der Waals surface area contributed by atoms with Crippen LogP contribution >= 0.6 is 0 Å². The van der Waals surface area contributed by atoms with E-state index in [1.54, 1.807) is 7.11 Å². The highest BCUT2D eigenvalue weighted by molar-refractivity contribution is 5.70. The Labute approximate surface area is 108 Å². The van der Waals surface area contributed by atoms with Gasteiger partial charge < -0.3 is 9.47 Å². The molecule has 0 radical (unpaired) electrons. The molecular formula is C15H20O3. The van der Waals surface area contributed by atoms with Crippen molar-refractivity contribution in [2.24, 2.45) is 5.92 Å². The van der Waals surface area contributed by atoms with Gasteiger partial charge in [-0.15, -0.1) is 0 Å². The molecule has 0 saturated heterocycles. The van der Waals surface area contributed by atoms with E-state index < -0.39 is 0 Å². The molecule has 0 heterocycles. The van der Waals surface area contributed by atoms with Gasteiger partial charge in [0, 0.05) is 6.42 Å². The fourth-order valence-electron chi connectivity index (χ4n) is 2.48. The fraction of sp³-hybridized carbons (Fsp3) is 0.533. The normalized spacial score (nSPS) is 21.5. The third-order valence-corrected chi connectivity index (χ3v) is 3.53. The molecule has 1 aromatic rings. The second kappa shape index (κ2) is 5.42. The topological polar surface area (TPSA) is 35.5 Å². The first-order valence-corrected chi connectivity index (χ1v) is 6.45. The van der Waals surface area contributed by atoms with Gasteiger partial charge in [-0.25, -0.2) is 0 Å². The molecule has 2 rings (SSSR count). The van der Waals surface area contributed by atoms with Crippen LogP contribution in [0.25, 0.3) is 0 Å². The van der Waals surface area contributed by atoms with Crippen molar-refractivity contribution in [2.45, 2.75) is 32.6 Å². The minimum atomic E-state index is -0.0730. The van der Waals surface area contributed by atoms with Crippen LogP contribution in [-0.4, -0.2) is 19.7 Å². The molecule has 0 aliphatic heterocycles. The summed E-state index contributed by atoms with van der Waals surface area (Å²) < 4.78 is 10.2. The molecule has 1 aromatic carbocycles. The largest absolute Gasteiger partial charge is 0.497 e. The van der Waals surface area contributed by atoms with Crippen LogP contribution in [0.5, 0.6) is 5.75 Å². The highest BCUT2D eigenvalue weighted by atomic mass is 16.5. The lowest BCUT2D eigenvalue weighted by molar-refractivity contribution is -0.143. The molecule has 3 heteroatoms. The molecule has 1 aliphatic carbocycles. The summed E-state index contributed by atoms with van der Waals surface area (Å²) in [4.78, 5) is 11.4. The molecular weight excluding hydrogens is 228 g/mol. The molecule has 1 fully saturated rings. The van der Waals surface area contributed by atoms with Crippen LogP contribution in [0, 0.1) is 12.8 Å². The average molecular weight is 248 g/mol. The van der Waals surface area contributed by atoms with Gasteiger partial charge in [-0.2, -0.15) is 0 Å². The first kappa shape index (κ1) is 12.9. The Morgan fingerprint density at radius 2 is 2.22 bits per heavy atom. The second-order valence-electron chi connectivity index (χ2n) is 4.83. The number of ether oxygens (including phenoxy) is 2. The smallest absolute Gasteiger partial charge is 0.306 e. The molecule has 18 heavy (non-hydrogen) atoms. The molecule has 1 aliphatic rings. The summed E-state index contributed by atoms with van der Waals surface area (Å²) in [5, 5.41) is 0. The zero-order valence-corrected chi connectivity index (χ0v) is 11.2. The summed E-state index contributed by atoms with van der Waals surface area (Å²) in [5.41, 5.74) is 2.58. The number of methoxy groups -OCH3 is 1. The quantitative estimate of drug-likeness (QED) is 0.751. The monoisotopic (exact) mass is 248 g/mol. The van der Waals surface area contributed by atoms with E-state index in [0.717, 1.165) is 12.2 Å². The van der Waals surface area contributed by atoms with Crippen LogP contribution in [-0.2, 0) is 9.53 Å². The third kappa shape index (κ3) is 2.84. The van der Waals surface area contributed by atoms with E-state index in [1.807, 2.05) is 13.0 Å². The number of rotatable bonds is 5. The van der Waals surface area contributed by atoms with E-state index in [9.17, 15) is 4.79 Å². The van der Waals surface area contributed by atoms with Crippen LogP contribution in [0.4, 0.5) is 0 Å².